The van der Waals surface area contributed by atoms with Gasteiger partial charge in [0.15, 0.2) is 0 Å². The average molecular weight is 457 g/mol. The van der Waals surface area contributed by atoms with E-state index >= 15 is 0 Å². The lowest BCUT2D eigenvalue weighted by Gasteiger charge is -2.20. The minimum Gasteiger partial charge on any atom is -0.478 e. The van der Waals surface area contributed by atoms with E-state index in [-0.39, 0.29) is 5.92 Å². The maximum atomic E-state index is 12.4. The molecule has 1 aliphatic heterocycles. The molecule has 5 nitrogen and oxygen atoms in total. The number of aromatic carboxylic acids is 1. The molecular weight excluding hydrogens is 424 g/mol. The Bertz CT molecular complexity index is 1430. The molecule has 0 radical (unpaired) electrons. The predicted octanol–water partition coefficient (Wildman–Crippen LogP) is 7.00. The number of rotatable bonds is 6. The Kier molecular flexibility index (Phi) is 6.47. The Morgan fingerprint density at radius 1 is 1.03 bits per heavy atom. The number of carboxylic acid groups (broad SMARTS) is 1. The maximum Gasteiger partial charge on any atom is 0.336 e. The van der Waals surface area contributed by atoms with E-state index in [9.17, 15) is 9.90 Å². The molecule has 1 aliphatic carbocycles. The molecule has 0 bridgehead atoms. The van der Waals surface area contributed by atoms with Crippen LogP contribution in [0.4, 0.5) is 5.69 Å². The molecule has 4 rings (SSSR count). The van der Waals surface area contributed by atoms with Crippen molar-refractivity contribution in [3.63, 3.8) is 0 Å². The van der Waals surface area contributed by atoms with Gasteiger partial charge in [0.25, 0.3) is 0 Å². The van der Waals surface area contributed by atoms with Crippen LogP contribution in [0.1, 0.15) is 60.7 Å². The second kappa shape index (κ2) is 9.34. The number of anilines is 1. The van der Waals surface area contributed by atoms with E-state index in [0.29, 0.717) is 29.0 Å². The number of carbonyl (C=O) groups is 1. The van der Waals surface area contributed by atoms with E-state index < -0.39 is 5.97 Å². The Morgan fingerprint density at radius 2 is 1.79 bits per heavy atom. The zero-order valence-electron chi connectivity index (χ0n) is 20.7. The van der Waals surface area contributed by atoms with Crippen molar-refractivity contribution < 1.29 is 14.3 Å². The number of hydrogen-bond acceptors (Lipinski definition) is 4. The van der Waals surface area contributed by atoms with Gasteiger partial charge in [-0.15, -0.1) is 0 Å². The number of nitrogens with zero attached hydrogens (tertiary/aromatic N) is 1. The average Bonchev–Trinajstić information content (AvgIpc) is 2.79. The Balaban J connectivity index is 2.18. The summed E-state index contributed by atoms with van der Waals surface area (Å²) in [6.07, 6.45) is 0. The van der Waals surface area contributed by atoms with Crippen LogP contribution in [0.15, 0.2) is 51.9 Å². The topological polar surface area (TPSA) is 74.8 Å². The number of benzene rings is 3. The molecule has 0 saturated heterocycles. The Labute approximate surface area is 200 Å². The fourth-order valence-electron chi connectivity index (χ4n) is 4.52. The maximum absolute atomic E-state index is 12.4. The molecule has 34 heavy (non-hydrogen) atoms. The number of fused-ring (bicyclic) bond motifs is 2. The van der Waals surface area contributed by atoms with E-state index in [0.717, 1.165) is 50.8 Å². The van der Waals surface area contributed by atoms with Crippen LogP contribution >= 0.6 is 0 Å². The van der Waals surface area contributed by atoms with Crippen LogP contribution < -0.4 is 10.7 Å². The highest BCUT2D eigenvalue weighted by molar-refractivity contribution is 6.08. The van der Waals surface area contributed by atoms with E-state index in [2.05, 4.69) is 50.1 Å². The van der Waals surface area contributed by atoms with Gasteiger partial charge in [0, 0.05) is 47.4 Å². The molecule has 2 aromatic carbocycles. The third-order valence-electron chi connectivity index (χ3n) is 6.29. The first-order chi connectivity index (χ1) is 16.2. The minimum atomic E-state index is -0.935. The molecule has 0 saturated carbocycles. The highest BCUT2D eigenvalue weighted by Gasteiger charge is 2.23. The van der Waals surface area contributed by atoms with Gasteiger partial charge in [0.2, 0.25) is 0 Å². The number of hydrogen-bond donors (Lipinski definition) is 2. The first-order valence-corrected chi connectivity index (χ1v) is 11.9. The molecule has 0 spiro atoms. The van der Waals surface area contributed by atoms with Gasteiger partial charge in [-0.3, -0.25) is 4.99 Å². The second-order valence-corrected chi connectivity index (χ2v) is 9.04. The SMILES string of the molecule is CCN=c1cc2oc3cc(NCC)c(C)cc3c(-c3ccc(C(C)C)cc3C(=O)O)c-2cc1C. The molecule has 2 N–H and O–H groups in total. The van der Waals surface area contributed by atoms with Crippen LogP contribution in [-0.2, 0) is 0 Å². The predicted molar refractivity (Wildman–Crippen MR) is 139 cm³/mol. The van der Waals surface area contributed by atoms with Gasteiger partial charge < -0.3 is 14.8 Å². The number of aryl methyl sites for hydroxylation is 2. The molecule has 2 aromatic rings. The lowest BCUT2D eigenvalue weighted by atomic mass is 9.87. The zero-order valence-corrected chi connectivity index (χ0v) is 20.7. The van der Waals surface area contributed by atoms with Crippen LogP contribution in [-0.4, -0.2) is 24.2 Å². The zero-order chi connectivity index (χ0) is 24.6. The normalized spacial score (nSPS) is 12.1. The molecule has 0 amide bonds. The van der Waals surface area contributed by atoms with Crippen molar-refractivity contribution in [3.8, 4) is 22.5 Å². The molecule has 0 atom stereocenters. The van der Waals surface area contributed by atoms with Crippen molar-refractivity contribution in [2.45, 2.75) is 47.5 Å². The molecule has 2 aliphatic rings. The summed E-state index contributed by atoms with van der Waals surface area (Å²) in [6.45, 7) is 13.8. The standard InChI is InChI=1S/C29H32N2O3/c1-7-30-24-14-26-22(11-17(24)5)28(20-10-9-19(16(3)4)13-21(20)29(32)33)23-12-18(6)25(31-8-2)15-27(23)34-26/h9-16,30H,7-8H2,1-6H3,(H,32,33). The van der Waals surface area contributed by atoms with Gasteiger partial charge in [0.05, 0.1) is 10.9 Å². The Morgan fingerprint density at radius 3 is 2.44 bits per heavy atom. The van der Waals surface area contributed by atoms with Gasteiger partial charge in [-0.05, 0) is 74.1 Å². The van der Waals surface area contributed by atoms with Crippen molar-refractivity contribution in [1.29, 1.82) is 0 Å². The number of carboxylic acids is 1. The van der Waals surface area contributed by atoms with Crippen LogP contribution in [0.25, 0.3) is 33.4 Å². The summed E-state index contributed by atoms with van der Waals surface area (Å²) in [5, 5.41) is 15.3. The van der Waals surface area contributed by atoms with Crippen molar-refractivity contribution in [1.82, 2.24) is 0 Å². The molecular formula is C29H32N2O3. The quantitative estimate of drug-likeness (QED) is 0.306. The second-order valence-electron chi connectivity index (χ2n) is 9.04. The van der Waals surface area contributed by atoms with E-state index in [1.807, 2.05) is 38.1 Å². The van der Waals surface area contributed by atoms with E-state index in [1.54, 1.807) is 6.07 Å². The van der Waals surface area contributed by atoms with Gasteiger partial charge in [-0.1, -0.05) is 26.0 Å². The van der Waals surface area contributed by atoms with Crippen molar-refractivity contribution in [3.05, 3.63) is 70.1 Å². The summed E-state index contributed by atoms with van der Waals surface area (Å²) in [5.41, 5.74) is 7.57. The minimum absolute atomic E-state index is 0.233. The first-order valence-electron chi connectivity index (χ1n) is 11.9. The van der Waals surface area contributed by atoms with Gasteiger partial charge >= 0.3 is 5.97 Å². The molecule has 5 heteroatoms. The molecule has 176 valence electrons. The summed E-state index contributed by atoms with van der Waals surface area (Å²) in [7, 11) is 0. The van der Waals surface area contributed by atoms with Gasteiger partial charge in [-0.25, -0.2) is 4.79 Å². The number of nitrogens with one attached hydrogen (secondary N) is 1. The molecule has 0 aromatic heterocycles. The smallest absolute Gasteiger partial charge is 0.336 e. The van der Waals surface area contributed by atoms with Crippen molar-refractivity contribution >= 4 is 22.6 Å². The summed E-state index contributed by atoms with van der Waals surface area (Å²) in [5.74, 6) is -0.0115. The Hall–Kier alpha value is -3.60. The highest BCUT2D eigenvalue weighted by Crippen LogP contribution is 2.43. The largest absolute Gasteiger partial charge is 0.478 e. The molecule has 0 fully saturated rings. The summed E-state index contributed by atoms with van der Waals surface area (Å²) in [4.78, 5) is 17.0. The fourth-order valence-corrected chi connectivity index (χ4v) is 4.52. The van der Waals surface area contributed by atoms with Crippen LogP contribution in [0.5, 0.6) is 0 Å². The van der Waals surface area contributed by atoms with Gasteiger partial charge in [-0.2, -0.15) is 0 Å². The lowest BCUT2D eigenvalue weighted by Crippen LogP contribution is -2.10. The highest BCUT2D eigenvalue weighted by atomic mass is 16.4. The van der Waals surface area contributed by atoms with Gasteiger partial charge in [0.1, 0.15) is 11.3 Å². The molecule has 1 heterocycles. The third-order valence-corrected chi connectivity index (χ3v) is 6.29. The lowest BCUT2D eigenvalue weighted by molar-refractivity contribution is 0.0697. The van der Waals surface area contributed by atoms with Crippen molar-refractivity contribution in [2.75, 3.05) is 18.4 Å². The first kappa shape index (κ1) is 23.6. The summed E-state index contributed by atoms with van der Waals surface area (Å²) in [6, 6.07) is 13.9. The summed E-state index contributed by atoms with van der Waals surface area (Å²) < 4.78 is 6.41. The van der Waals surface area contributed by atoms with E-state index in [1.165, 1.54) is 0 Å². The summed E-state index contributed by atoms with van der Waals surface area (Å²) >= 11 is 0. The third kappa shape index (κ3) is 4.18. The molecule has 0 unspecified atom stereocenters. The van der Waals surface area contributed by atoms with E-state index in [4.69, 9.17) is 4.42 Å². The van der Waals surface area contributed by atoms with Crippen LogP contribution in [0.2, 0.25) is 0 Å². The van der Waals surface area contributed by atoms with Crippen LogP contribution in [0, 0.1) is 13.8 Å². The monoisotopic (exact) mass is 456 g/mol. The van der Waals surface area contributed by atoms with Crippen molar-refractivity contribution in [2.24, 2.45) is 4.99 Å². The fraction of sp³-hybridized carbons (Fsp3) is 0.310. The van der Waals surface area contributed by atoms with Crippen LogP contribution in [0.3, 0.4) is 0 Å².